The van der Waals surface area contributed by atoms with Crippen molar-refractivity contribution >= 4 is 11.7 Å². The van der Waals surface area contributed by atoms with Crippen molar-refractivity contribution in [2.24, 2.45) is 11.8 Å². The van der Waals surface area contributed by atoms with Crippen LogP contribution in [-0.2, 0) is 0 Å². The smallest absolute Gasteiger partial charge is 0.335 e. The van der Waals surface area contributed by atoms with Crippen LogP contribution in [0.2, 0.25) is 0 Å². The first-order valence-electron chi connectivity index (χ1n) is 6.74. The van der Waals surface area contributed by atoms with Gasteiger partial charge in [0.25, 0.3) is 0 Å². The summed E-state index contributed by atoms with van der Waals surface area (Å²) in [6.07, 6.45) is 4.13. The number of hydrogen-bond donors (Lipinski definition) is 1. The number of carbonyl (C=O) groups is 1. The molecule has 1 aromatic carbocycles. The Morgan fingerprint density at radius 3 is 2.50 bits per heavy atom. The lowest BCUT2D eigenvalue weighted by Crippen LogP contribution is -2.20. The number of benzene rings is 1. The number of carboxylic acids is 1. The summed E-state index contributed by atoms with van der Waals surface area (Å²) < 4.78 is 0. The molecule has 0 amide bonds. The second kappa shape index (κ2) is 4.30. The van der Waals surface area contributed by atoms with Gasteiger partial charge in [-0.2, -0.15) is 0 Å². The van der Waals surface area contributed by atoms with Crippen molar-refractivity contribution in [3.8, 4) is 0 Å². The molecule has 2 fully saturated rings. The first kappa shape index (κ1) is 11.6. The van der Waals surface area contributed by atoms with Crippen LogP contribution in [-0.4, -0.2) is 24.2 Å². The molecule has 1 N–H and O–H groups in total. The minimum absolute atomic E-state index is 0.415. The van der Waals surface area contributed by atoms with Gasteiger partial charge in [-0.25, -0.2) is 4.79 Å². The maximum absolute atomic E-state index is 11.0. The number of rotatable bonds is 2. The van der Waals surface area contributed by atoms with Gasteiger partial charge in [-0.15, -0.1) is 0 Å². The van der Waals surface area contributed by atoms with Crippen molar-refractivity contribution in [2.75, 3.05) is 18.0 Å². The minimum atomic E-state index is -0.836. The van der Waals surface area contributed by atoms with Crippen molar-refractivity contribution in [1.82, 2.24) is 0 Å². The average Bonchev–Trinajstić information content (AvgIpc) is 2.87. The predicted molar refractivity (Wildman–Crippen MR) is 71.2 cm³/mol. The van der Waals surface area contributed by atoms with Gasteiger partial charge in [-0.05, 0) is 55.4 Å². The molecule has 18 heavy (non-hydrogen) atoms. The Balaban J connectivity index is 1.81. The fourth-order valence-corrected chi connectivity index (χ4v) is 3.53. The molecule has 1 aromatic rings. The number of aryl methyl sites for hydroxylation is 1. The van der Waals surface area contributed by atoms with Gasteiger partial charge in [0.05, 0.1) is 5.56 Å². The highest BCUT2D eigenvalue weighted by Crippen LogP contribution is 2.39. The number of carboxylic acid groups (broad SMARTS) is 1. The first-order valence-corrected chi connectivity index (χ1v) is 6.74. The van der Waals surface area contributed by atoms with Crippen LogP contribution in [0.5, 0.6) is 0 Å². The zero-order valence-corrected chi connectivity index (χ0v) is 10.7. The molecule has 1 saturated carbocycles. The largest absolute Gasteiger partial charge is 0.478 e. The third kappa shape index (κ3) is 1.88. The molecule has 0 aromatic heterocycles. The van der Waals surface area contributed by atoms with Crippen LogP contribution in [0.15, 0.2) is 18.2 Å². The lowest BCUT2D eigenvalue weighted by molar-refractivity contribution is 0.0696. The Labute approximate surface area is 107 Å². The molecule has 2 unspecified atom stereocenters. The Bertz CT molecular complexity index is 471. The van der Waals surface area contributed by atoms with Gasteiger partial charge in [0.2, 0.25) is 0 Å². The van der Waals surface area contributed by atoms with Gasteiger partial charge in [0, 0.05) is 18.8 Å². The SMILES string of the molecule is Cc1cc(N2CC3CCCC3C2)ccc1C(=O)O. The van der Waals surface area contributed by atoms with E-state index >= 15 is 0 Å². The standard InChI is InChI=1S/C15H19NO2/c1-10-7-13(5-6-14(10)15(17)18)16-8-11-3-2-4-12(11)9-16/h5-7,11-12H,2-4,8-9H2,1H3,(H,17,18). The topological polar surface area (TPSA) is 40.5 Å². The van der Waals surface area contributed by atoms with Crippen LogP contribution in [0.4, 0.5) is 5.69 Å². The van der Waals surface area contributed by atoms with Gasteiger partial charge in [-0.1, -0.05) is 6.42 Å². The highest BCUT2D eigenvalue weighted by molar-refractivity contribution is 5.89. The van der Waals surface area contributed by atoms with Gasteiger partial charge in [-0.3, -0.25) is 0 Å². The molecule has 1 saturated heterocycles. The molecular formula is C15H19NO2. The molecule has 1 heterocycles. The summed E-state index contributed by atoms with van der Waals surface area (Å²) in [5.41, 5.74) is 2.46. The summed E-state index contributed by atoms with van der Waals surface area (Å²) in [6, 6.07) is 5.71. The normalized spacial score (nSPS) is 26.4. The Morgan fingerprint density at radius 1 is 1.28 bits per heavy atom. The average molecular weight is 245 g/mol. The van der Waals surface area contributed by atoms with Crippen molar-refractivity contribution in [2.45, 2.75) is 26.2 Å². The van der Waals surface area contributed by atoms with Gasteiger partial charge >= 0.3 is 5.97 Å². The van der Waals surface area contributed by atoms with E-state index in [2.05, 4.69) is 4.90 Å². The van der Waals surface area contributed by atoms with Crippen molar-refractivity contribution in [3.63, 3.8) is 0 Å². The summed E-state index contributed by atoms with van der Waals surface area (Å²) in [4.78, 5) is 13.4. The summed E-state index contributed by atoms with van der Waals surface area (Å²) in [7, 11) is 0. The van der Waals surface area contributed by atoms with Crippen molar-refractivity contribution in [3.05, 3.63) is 29.3 Å². The van der Waals surface area contributed by atoms with E-state index in [0.29, 0.717) is 5.56 Å². The fraction of sp³-hybridized carbons (Fsp3) is 0.533. The minimum Gasteiger partial charge on any atom is -0.478 e. The summed E-state index contributed by atoms with van der Waals surface area (Å²) in [6.45, 7) is 4.18. The van der Waals surface area contributed by atoms with Crippen LogP contribution in [0.1, 0.15) is 35.2 Å². The van der Waals surface area contributed by atoms with Crippen LogP contribution < -0.4 is 4.90 Å². The summed E-state index contributed by atoms with van der Waals surface area (Å²) in [5, 5.41) is 9.04. The van der Waals surface area contributed by atoms with E-state index in [1.807, 2.05) is 19.1 Å². The zero-order chi connectivity index (χ0) is 12.7. The first-order chi connectivity index (χ1) is 8.65. The molecule has 1 aliphatic carbocycles. The number of aromatic carboxylic acids is 1. The van der Waals surface area contributed by atoms with E-state index in [0.717, 1.165) is 30.5 Å². The molecular weight excluding hydrogens is 226 g/mol. The van der Waals surface area contributed by atoms with E-state index in [4.69, 9.17) is 5.11 Å². The highest BCUT2D eigenvalue weighted by Gasteiger charge is 2.36. The molecule has 1 aliphatic heterocycles. The van der Waals surface area contributed by atoms with Gasteiger partial charge in [0.1, 0.15) is 0 Å². The molecule has 3 nitrogen and oxygen atoms in total. The van der Waals surface area contributed by atoms with Crippen molar-refractivity contribution < 1.29 is 9.90 Å². The Hall–Kier alpha value is -1.51. The molecule has 3 rings (SSSR count). The quantitative estimate of drug-likeness (QED) is 0.871. The number of anilines is 1. The Kier molecular flexibility index (Phi) is 2.77. The highest BCUT2D eigenvalue weighted by atomic mass is 16.4. The zero-order valence-electron chi connectivity index (χ0n) is 10.7. The van der Waals surface area contributed by atoms with E-state index < -0.39 is 5.97 Å². The van der Waals surface area contributed by atoms with Crippen LogP contribution in [0.25, 0.3) is 0 Å². The Morgan fingerprint density at radius 2 is 1.94 bits per heavy atom. The van der Waals surface area contributed by atoms with Crippen molar-refractivity contribution in [1.29, 1.82) is 0 Å². The lowest BCUT2D eigenvalue weighted by Gasteiger charge is -2.20. The fourth-order valence-electron chi connectivity index (χ4n) is 3.53. The van der Waals surface area contributed by atoms with Crippen LogP contribution in [0.3, 0.4) is 0 Å². The van der Waals surface area contributed by atoms with Crippen LogP contribution >= 0.6 is 0 Å². The number of nitrogens with zero attached hydrogens (tertiary/aromatic N) is 1. The lowest BCUT2D eigenvalue weighted by atomic mass is 10.0. The van der Waals surface area contributed by atoms with E-state index in [1.165, 1.54) is 24.9 Å². The molecule has 0 spiro atoms. The number of hydrogen-bond acceptors (Lipinski definition) is 2. The van der Waals surface area contributed by atoms with Gasteiger partial charge < -0.3 is 10.0 Å². The molecule has 96 valence electrons. The molecule has 0 radical (unpaired) electrons. The maximum Gasteiger partial charge on any atom is 0.335 e. The maximum atomic E-state index is 11.0. The molecule has 2 aliphatic rings. The second-order valence-electron chi connectivity index (χ2n) is 5.66. The molecule has 2 atom stereocenters. The van der Waals surface area contributed by atoms with E-state index in [-0.39, 0.29) is 0 Å². The second-order valence-corrected chi connectivity index (χ2v) is 5.66. The van der Waals surface area contributed by atoms with E-state index in [1.54, 1.807) is 6.07 Å². The van der Waals surface area contributed by atoms with Crippen LogP contribution in [0, 0.1) is 18.8 Å². The third-order valence-electron chi connectivity index (χ3n) is 4.53. The monoisotopic (exact) mass is 245 g/mol. The van der Waals surface area contributed by atoms with Gasteiger partial charge in [0.15, 0.2) is 0 Å². The summed E-state index contributed by atoms with van der Waals surface area (Å²) >= 11 is 0. The third-order valence-corrected chi connectivity index (χ3v) is 4.53. The predicted octanol–water partition coefficient (Wildman–Crippen LogP) is 2.93. The summed E-state index contributed by atoms with van der Waals surface area (Å²) in [5.74, 6) is 0.895. The molecule has 3 heteroatoms. The van der Waals surface area contributed by atoms with E-state index in [9.17, 15) is 4.79 Å². The molecule has 0 bridgehead atoms. The number of fused-ring (bicyclic) bond motifs is 1.